The van der Waals surface area contributed by atoms with Crippen molar-refractivity contribution in [2.24, 2.45) is 5.73 Å². The zero-order valence-corrected chi connectivity index (χ0v) is 11.6. The van der Waals surface area contributed by atoms with Crippen molar-refractivity contribution in [2.75, 3.05) is 32.8 Å². The minimum absolute atomic E-state index is 0.0442. The average Bonchev–Trinajstić information content (AvgIpc) is 2.76. The summed E-state index contributed by atoms with van der Waals surface area (Å²) in [5.74, 6) is 0. The van der Waals surface area contributed by atoms with Gasteiger partial charge in [-0.1, -0.05) is 24.3 Å². The van der Waals surface area contributed by atoms with Crippen LogP contribution in [0.25, 0.3) is 0 Å². The summed E-state index contributed by atoms with van der Waals surface area (Å²) in [6.45, 7) is 4.55. The van der Waals surface area contributed by atoms with Crippen LogP contribution in [0.3, 0.4) is 0 Å². The van der Waals surface area contributed by atoms with Crippen molar-refractivity contribution < 1.29 is 4.74 Å². The summed E-state index contributed by atoms with van der Waals surface area (Å²) < 4.78 is 5.61. The van der Waals surface area contributed by atoms with Crippen molar-refractivity contribution in [3.63, 3.8) is 0 Å². The van der Waals surface area contributed by atoms with Crippen LogP contribution in [0.1, 0.15) is 30.4 Å². The first-order valence-corrected chi connectivity index (χ1v) is 7.48. The largest absolute Gasteiger partial charge is 0.380 e. The van der Waals surface area contributed by atoms with Crippen LogP contribution in [0, 0.1) is 0 Å². The molecule has 2 N–H and O–H groups in total. The third kappa shape index (κ3) is 2.31. The molecule has 1 aliphatic heterocycles. The van der Waals surface area contributed by atoms with E-state index in [1.54, 1.807) is 0 Å². The Labute approximate surface area is 115 Å². The molecule has 0 saturated carbocycles. The molecule has 1 heterocycles. The topological polar surface area (TPSA) is 38.5 Å². The number of aryl methyl sites for hydroxylation is 1. The third-order valence-electron chi connectivity index (χ3n) is 4.72. The van der Waals surface area contributed by atoms with Gasteiger partial charge in [0.25, 0.3) is 0 Å². The van der Waals surface area contributed by atoms with E-state index in [1.807, 2.05) is 0 Å². The van der Waals surface area contributed by atoms with Gasteiger partial charge in [-0.05, 0) is 36.8 Å². The van der Waals surface area contributed by atoms with Gasteiger partial charge in [0.2, 0.25) is 0 Å². The lowest BCUT2D eigenvalue weighted by molar-refractivity contribution is 0.0662. The van der Waals surface area contributed by atoms with E-state index in [0.717, 1.165) is 32.7 Å². The molecule has 3 heteroatoms. The fraction of sp³-hybridized carbons (Fsp3) is 0.625. The molecule has 1 atom stereocenters. The quantitative estimate of drug-likeness (QED) is 0.882. The first-order chi connectivity index (χ1) is 9.37. The van der Waals surface area contributed by atoms with Crippen LogP contribution < -0.4 is 5.73 Å². The molecule has 0 amide bonds. The maximum Gasteiger partial charge on any atom is 0.0593 e. The summed E-state index contributed by atoms with van der Waals surface area (Å²) in [4.78, 5) is 2.58. The summed E-state index contributed by atoms with van der Waals surface area (Å²) in [6, 6.07) is 8.86. The Morgan fingerprint density at radius 3 is 2.95 bits per heavy atom. The molecule has 1 aliphatic carbocycles. The summed E-state index contributed by atoms with van der Waals surface area (Å²) in [6.07, 6.45) is 4.73. The number of hydrogen-bond acceptors (Lipinski definition) is 3. The van der Waals surface area contributed by atoms with Crippen LogP contribution in [0.2, 0.25) is 0 Å². The molecule has 3 nitrogen and oxygen atoms in total. The van der Waals surface area contributed by atoms with E-state index in [4.69, 9.17) is 10.5 Å². The van der Waals surface area contributed by atoms with Crippen molar-refractivity contribution >= 4 is 0 Å². The lowest BCUT2D eigenvalue weighted by atomic mass is 9.75. The van der Waals surface area contributed by atoms with Crippen LogP contribution in [-0.2, 0) is 16.7 Å². The lowest BCUT2D eigenvalue weighted by Gasteiger charge is -2.46. The number of ether oxygens (including phenoxy) is 1. The van der Waals surface area contributed by atoms with Crippen molar-refractivity contribution in [1.29, 1.82) is 0 Å². The Morgan fingerprint density at radius 2 is 2.05 bits per heavy atom. The van der Waals surface area contributed by atoms with E-state index in [2.05, 4.69) is 29.2 Å². The molecule has 1 aromatic rings. The van der Waals surface area contributed by atoms with Crippen molar-refractivity contribution in [1.82, 2.24) is 4.90 Å². The first-order valence-electron chi connectivity index (χ1n) is 7.48. The molecule has 0 spiro atoms. The minimum atomic E-state index is 0.0442. The Balaban J connectivity index is 1.98. The third-order valence-corrected chi connectivity index (χ3v) is 4.72. The number of benzene rings is 1. The van der Waals surface area contributed by atoms with Crippen LogP contribution in [0.4, 0.5) is 0 Å². The molecule has 2 aliphatic rings. The van der Waals surface area contributed by atoms with Crippen LogP contribution in [0.5, 0.6) is 0 Å². The normalized spacial score (nSPS) is 28.7. The molecule has 19 heavy (non-hydrogen) atoms. The molecule has 3 rings (SSSR count). The van der Waals surface area contributed by atoms with Gasteiger partial charge in [-0.15, -0.1) is 0 Å². The predicted octanol–water partition coefficient (Wildman–Crippen LogP) is 1.90. The zero-order valence-electron chi connectivity index (χ0n) is 11.6. The van der Waals surface area contributed by atoms with Crippen molar-refractivity contribution in [3.8, 4) is 0 Å². The minimum Gasteiger partial charge on any atom is -0.380 e. The Hall–Kier alpha value is -0.900. The Bertz CT molecular complexity index is 427. The monoisotopic (exact) mass is 260 g/mol. The molecule has 1 unspecified atom stereocenters. The summed E-state index contributed by atoms with van der Waals surface area (Å²) in [5.41, 5.74) is 9.25. The van der Waals surface area contributed by atoms with Gasteiger partial charge in [0, 0.05) is 26.2 Å². The summed E-state index contributed by atoms with van der Waals surface area (Å²) >= 11 is 0. The summed E-state index contributed by atoms with van der Waals surface area (Å²) in [7, 11) is 0. The van der Waals surface area contributed by atoms with E-state index < -0.39 is 0 Å². The van der Waals surface area contributed by atoms with E-state index in [-0.39, 0.29) is 5.54 Å². The molecule has 1 aromatic carbocycles. The van der Waals surface area contributed by atoms with E-state index in [0.29, 0.717) is 6.54 Å². The van der Waals surface area contributed by atoms with Crippen molar-refractivity contribution in [3.05, 3.63) is 35.4 Å². The highest BCUT2D eigenvalue weighted by atomic mass is 16.5. The van der Waals surface area contributed by atoms with E-state index >= 15 is 0 Å². The molecular weight excluding hydrogens is 236 g/mol. The van der Waals surface area contributed by atoms with Gasteiger partial charge in [-0.2, -0.15) is 0 Å². The first kappa shape index (κ1) is 13.1. The number of rotatable bonds is 2. The second-order valence-electron chi connectivity index (χ2n) is 5.70. The van der Waals surface area contributed by atoms with Gasteiger partial charge in [-0.3, -0.25) is 4.90 Å². The van der Waals surface area contributed by atoms with Crippen LogP contribution in [0.15, 0.2) is 24.3 Å². The molecule has 1 saturated heterocycles. The van der Waals surface area contributed by atoms with E-state index in [9.17, 15) is 0 Å². The molecule has 0 aromatic heterocycles. The highest BCUT2D eigenvalue weighted by Crippen LogP contribution is 2.39. The van der Waals surface area contributed by atoms with Gasteiger partial charge in [0.05, 0.1) is 12.1 Å². The van der Waals surface area contributed by atoms with Gasteiger partial charge >= 0.3 is 0 Å². The van der Waals surface area contributed by atoms with Gasteiger partial charge in [-0.25, -0.2) is 0 Å². The average molecular weight is 260 g/mol. The molecule has 104 valence electrons. The van der Waals surface area contributed by atoms with E-state index in [1.165, 1.54) is 30.4 Å². The standard InChI is InChI=1S/C16H24N2O/c17-13-16(18-9-4-11-19-12-10-18)8-3-6-14-5-1-2-7-15(14)16/h1-2,5,7H,3-4,6,8-13,17H2. The second kappa shape index (κ2) is 5.61. The highest BCUT2D eigenvalue weighted by Gasteiger charge is 2.40. The summed E-state index contributed by atoms with van der Waals surface area (Å²) in [5, 5.41) is 0. The molecular formula is C16H24N2O. The smallest absolute Gasteiger partial charge is 0.0593 e. The number of fused-ring (bicyclic) bond motifs is 1. The number of hydrogen-bond donors (Lipinski definition) is 1. The maximum absolute atomic E-state index is 6.25. The van der Waals surface area contributed by atoms with Gasteiger partial charge in [0.15, 0.2) is 0 Å². The Kier molecular flexibility index (Phi) is 3.87. The van der Waals surface area contributed by atoms with Gasteiger partial charge in [0.1, 0.15) is 0 Å². The number of nitrogens with zero attached hydrogens (tertiary/aromatic N) is 1. The molecule has 0 radical (unpaired) electrons. The zero-order chi connectivity index (χ0) is 13.1. The molecule has 1 fully saturated rings. The SMILES string of the molecule is NCC1(N2CCCOCC2)CCCc2ccccc21. The van der Waals surface area contributed by atoms with Crippen molar-refractivity contribution in [2.45, 2.75) is 31.2 Å². The fourth-order valence-corrected chi connectivity index (χ4v) is 3.74. The number of nitrogens with two attached hydrogens (primary N) is 1. The van der Waals surface area contributed by atoms with Crippen LogP contribution in [-0.4, -0.2) is 37.7 Å². The molecule has 0 bridgehead atoms. The highest BCUT2D eigenvalue weighted by molar-refractivity contribution is 5.36. The maximum atomic E-state index is 6.25. The second-order valence-corrected chi connectivity index (χ2v) is 5.70. The lowest BCUT2D eigenvalue weighted by Crippen LogP contribution is -2.53. The predicted molar refractivity (Wildman–Crippen MR) is 77.1 cm³/mol. The van der Waals surface area contributed by atoms with Gasteiger partial charge < -0.3 is 10.5 Å². The van der Waals surface area contributed by atoms with Crippen LogP contribution >= 0.6 is 0 Å². The fourth-order valence-electron chi connectivity index (χ4n) is 3.74. The Morgan fingerprint density at radius 1 is 1.16 bits per heavy atom.